The average Bonchev–Trinajstić information content (AvgIpc) is 3.37. The van der Waals surface area contributed by atoms with Gasteiger partial charge in [-0.3, -0.25) is 33.9 Å². The number of para-hydroxylation sites is 1. The van der Waals surface area contributed by atoms with Gasteiger partial charge in [-0.2, -0.15) is 0 Å². The van der Waals surface area contributed by atoms with Gasteiger partial charge < -0.3 is 5.11 Å². The van der Waals surface area contributed by atoms with Crippen LogP contribution in [0, 0.1) is 23.6 Å². The number of benzene rings is 2. The van der Waals surface area contributed by atoms with Gasteiger partial charge in [0.25, 0.3) is 11.8 Å². The summed E-state index contributed by atoms with van der Waals surface area (Å²) in [5.41, 5.74) is 1.55. The van der Waals surface area contributed by atoms with Crippen LogP contribution < -0.4 is 0 Å². The molecule has 1 saturated carbocycles. The lowest BCUT2D eigenvalue weighted by molar-refractivity contribution is -0.144. The number of rotatable bonds is 5. The number of piperidine rings is 1. The second-order valence-electron chi connectivity index (χ2n) is 12.7. The summed E-state index contributed by atoms with van der Waals surface area (Å²) in [5.74, 6) is -7.12. The summed E-state index contributed by atoms with van der Waals surface area (Å²) >= 11 is 17.5. The van der Waals surface area contributed by atoms with E-state index < -0.39 is 56.8 Å². The molecule has 4 fully saturated rings. The predicted octanol–water partition coefficient (Wildman–Crippen LogP) is 4.91. The van der Waals surface area contributed by atoms with Crippen molar-refractivity contribution in [2.75, 3.05) is 18.5 Å². The molecular weight excluding hydrogens is 688 g/mol. The Morgan fingerprint density at radius 2 is 1.64 bits per heavy atom. The predicted molar refractivity (Wildman–Crippen MR) is 168 cm³/mol. The fourth-order valence-electron chi connectivity index (χ4n) is 8.43. The lowest BCUT2D eigenvalue weighted by Crippen LogP contribution is -2.60. The van der Waals surface area contributed by atoms with Crippen molar-refractivity contribution in [2.24, 2.45) is 17.8 Å². The van der Waals surface area contributed by atoms with Gasteiger partial charge in [0.15, 0.2) is 21.3 Å². The Hall–Kier alpha value is -2.79. The highest BCUT2D eigenvalue weighted by Gasteiger charge is 2.76. The van der Waals surface area contributed by atoms with Crippen LogP contribution in [0.1, 0.15) is 42.7 Å². The smallest absolute Gasteiger partial charge is 0.254 e. The number of phenols is 1. The van der Waals surface area contributed by atoms with Gasteiger partial charge in [0, 0.05) is 37.2 Å². The van der Waals surface area contributed by atoms with Crippen molar-refractivity contribution in [2.45, 2.75) is 53.9 Å². The minimum Gasteiger partial charge on any atom is -0.505 e. The zero-order valence-corrected chi connectivity index (χ0v) is 27.3. The van der Waals surface area contributed by atoms with E-state index >= 15 is 0 Å². The Balaban J connectivity index is 1.22. The normalized spacial score (nSPS) is 33.7. The Morgan fingerprint density at radius 3 is 2.33 bits per heavy atom. The highest BCUT2D eigenvalue weighted by Crippen LogP contribution is 2.66. The van der Waals surface area contributed by atoms with E-state index in [0.717, 1.165) is 30.6 Å². The largest absolute Gasteiger partial charge is 0.505 e. The Labute approximate surface area is 278 Å². The molecule has 0 spiro atoms. The number of imide groups is 2. The minimum absolute atomic E-state index is 0.00131. The van der Waals surface area contributed by atoms with Crippen LogP contribution in [0.5, 0.6) is 5.75 Å². The van der Waals surface area contributed by atoms with Crippen molar-refractivity contribution in [3.05, 3.63) is 77.1 Å². The van der Waals surface area contributed by atoms with Gasteiger partial charge in [-0.05, 0) is 43.2 Å². The standard InChI is InChI=1S/C33H31BrCl2FN3O5/c34-17-39-30(44)32(35)15-23-20(26(33(32,36)31(39)45)22-7-4-8-24(37)27(22)41)9-10-21-25(23)29(43)40(28(21)42)19-11-13-38(14-12-19)16-18-5-2-1-3-6-18/h1-9,19,21,23,25-26,41H,10-17H2. The molecule has 4 amide bonds. The van der Waals surface area contributed by atoms with E-state index in [4.69, 9.17) is 23.2 Å². The molecule has 0 bridgehead atoms. The molecule has 2 aromatic rings. The van der Waals surface area contributed by atoms with E-state index in [0.29, 0.717) is 18.4 Å². The second-order valence-corrected chi connectivity index (χ2v) is 14.4. The van der Waals surface area contributed by atoms with E-state index in [1.807, 2.05) is 18.2 Å². The fourth-order valence-corrected chi connectivity index (χ4v) is 9.84. The summed E-state index contributed by atoms with van der Waals surface area (Å²) in [6.07, 6.45) is 3.13. The number of amides is 4. The molecule has 2 aliphatic carbocycles. The molecular formula is C33H31BrCl2FN3O5. The summed E-state index contributed by atoms with van der Waals surface area (Å²) in [5, 5.41) is 10.9. The quantitative estimate of drug-likeness (QED) is 0.204. The summed E-state index contributed by atoms with van der Waals surface area (Å²) in [7, 11) is 0. The molecule has 0 aromatic heterocycles. The summed E-state index contributed by atoms with van der Waals surface area (Å²) in [6, 6.07) is 13.8. The minimum atomic E-state index is -2.10. The summed E-state index contributed by atoms with van der Waals surface area (Å²) < 4.78 is 14.7. The molecule has 0 radical (unpaired) electrons. The van der Waals surface area contributed by atoms with Gasteiger partial charge in [0.2, 0.25) is 11.8 Å². The fraction of sp³-hybridized carbons (Fsp3) is 0.455. The molecule has 3 aliphatic heterocycles. The number of allylic oxidation sites excluding steroid dienone is 2. The summed E-state index contributed by atoms with van der Waals surface area (Å²) in [4.78, 5) is 56.3. The topological polar surface area (TPSA) is 98.2 Å². The van der Waals surface area contributed by atoms with Crippen LogP contribution >= 0.6 is 39.1 Å². The number of hydrogen-bond acceptors (Lipinski definition) is 6. The van der Waals surface area contributed by atoms with Gasteiger partial charge in [0.05, 0.1) is 17.3 Å². The Bertz CT molecular complexity index is 1640. The number of phenolic OH excluding ortho intramolecular Hbond substituents is 1. The first-order chi connectivity index (χ1) is 21.5. The van der Waals surface area contributed by atoms with Crippen LogP contribution in [-0.2, 0) is 25.7 Å². The van der Waals surface area contributed by atoms with Crippen molar-refractivity contribution in [1.82, 2.24) is 14.7 Å². The molecule has 6 atom stereocenters. The first kappa shape index (κ1) is 30.8. The third-order valence-electron chi connectivity index (χ3n) is 10.5. The first-order valence-electron chi connectivity index (χ1n) is 15.1. The van der Waals surface area contributed by atoms with E-state index in [9.17, 15) is 28.7 Å². The lowest BCUT2D eigenvalue weighted by atomic mass is 9.56. The zero-order chi connectivity index (χ0) is 31.8. The first-order valence-corrected chi connectivity index (χ1v) is 17.0. The van der Waals surface area contributed by atoms with Crippen LogP contribution in [0.4, 0.5) is 4.39 Å². The van der Waals surface area contributed by atoms with Gasteiger partial charge in [-0.15, -0.1) is 23.2 Å². The van der Waals surface area contributed by atoms with Crippen LogP contribution in [0.25, 0.3) is 0 Å². The number of nitrogens with zero attached hydrogens (tertiary/aromatic N) is 3. The molecule has 45 heavy (non-hydrogen) atoms. The molecule has 3 saturated heterocycles. The van der Waals surface area contributed by atoms with E-state index in [-0.39, 0.29) is 41.7 Å². The van der Waals surface area contributed by atoms with E-state index in [1.165, 1.54) is 22.6 Å². The van der Waals surface area contributed by atoms with Gasteiger partial charge in [-0.25, -0.2) is 4.39 Å². The molecule has 12 heteroatoms. The number of carbonyl (C=O) groups excluding carboxylic acids is 4. The van der Waals surface area contributed by atoms with Crippen molar-refractivity contribution in [3.8, 4) is 5.75 Å². The van der Waals surface area contributed by atoms with Crippen LogP contribution in [-0.4, -0.2) is 77.8 Å². The van der Waals surface area contributed by atoms with Crippen molar-refractivity contribution in [1.29, 1.82) is 0 Å². The maximum Gasteiger partial charge on any atom is 0.254 e. The number of likely N-dealkylation sites (tertiary alicyclic amines) is 3. The number of aromatic hydroxyl groups is 1. The maximum absolute atomic E-state index is 14.7. The maximum atomic E-state index is 14.7. The average molecular weight is 719 g/mol. The van der Waals surface area contributed by atoms with Crippen LogP contribution in [0.15, 0.2) is 60.2 Å². The van der Waals surface area contributed by atoms with Crippen LogP contribution in [0.3, 0.4) is 0 Å². The lowest BCUT2D eigenvalue weighted by Gasteiger charge is -2.50. The second kappa shape index (κ2) is 11.2. The number of alkyl halides is 3. The number of halogens is 4. The highest BCUT2D eigenvalue weighted by atomic mass is 79.9. The number of carbonyl (C=O) groups is 4. The number of hydrogen-bond donors (Lipinski definition) is 1. The van der Waals surface area contributed by atoms with Crippen molar-refractivity contribution >= 4 is 62.8 Å². The SMILES string of the molecule is O=C1C2CC=C3C(CC4(Cl)C(=O)N(CBr)C(=O)C4(Cl)C3c3cccc(F)c3O)C2C(=O)N1C1CCN(Cc2ccccc2)CC1. The van der Waals surface area contributed by atoms with Gasteiger partial charge in [0.1, 0.15) is 0 Å². The Morgan fingerprint density at radius 1 is 0.933 bits per heavy atom. The third kappa shape index (κ3) is 4.38. The highest BCUT2D eigenvalue weighted by molar-refractivity contribution is 9.09. The Kier molecular flexibility index (Phi) is 7.66. The molecule has 8 nitrogen and oxygen atoms in total. The van der Waals surface area contributed by atoms with E-state index in [1.54, 1.807) is 6.08 Å². The summed E-state index contributed by atoms with van der Waals surface area (Å²) in [6.45, 7) is 2.26. The third-order valence-corrected chi connectivity index (χ3v) is 12.5. The monoisotopic (exact) mass is 717 g/mol. The molecule has 7 rings (SSSR count). The van der Waals surface area contributed by atoms with Crippen LogP contribution in [0.2, 0.25) is 0 Å². The molecule has 3 heterocycles. The van der Waals surface area contributed by atoms with Crippen molar-refractivity contribution < 1.29 is 28.7 Å². The number of fused-ring (bicyclic) bond motifs is 4. The molecule has 236 valence electrons. The molecule has 5 aliphatic rings. The molecule has 6 unspecified atom stereocenters. The molecule has 1 N–H and O–H groups in total. The van der Waals surface area contributed by atoms with Gasteiger partial charge in [-0.1, -0.05) is 70.0 Å². The van der Waals surface area contributed by atoms with Crippen molar-refractivity contribution in [3.63, 3.8) is 0 Å². The van der Waals surface area contributed by atoms with Gasteiger partial charge >= 0.3 is 0 Å². The van der Waals surface area contributed by atoms with E-state index in [2.05, 4.69) is 33.0 Å². The zero-order valence-electron chi connectivity index (χ0n) is 24.2. The molecule has 2 aromatic carbocycles.